The van der Waals surface area contributed by atoms with Crippen molar-refractivity contribution >= 4 is 42.9 Å². The van der Waals surface area contributed by atoms with E-state index in [0.29, 0.717) is 10.2 Å². The molecule has 1 aromatic heterocycles. The van der Waals surface area contributed by atoms with E-state index in [4.69, 9.17) is 5.11 Å². The average molecular weight is 329 g/mol. The summed E-state index contributed by atoms with van der Waals surface area (Å²) >= 11 is 1.08. The molecule has 9 heteroatoms. The van der Waals surface area contributed by atoms with E-state index in [9.17, 15) is 13.2 Å². The van der Waals surface area contributed by atoms with Crippen LogP contribution in [0, 0.1) is 0 Å². The molecule has 114 valence electrons. The fraction of sp³-hybridized carbons (Fsp3) is 0.333. The number of hydrogen-bond donors (Lipinski definition) is 3. The van der Waals surface area contributed by atoms with Crippen LogP contribution >= 0.6 is 11.3 Å². The summed E-state index contributed by atoms with van der Waals surface area (Å²) in [6, 6.07) is 4.44. The van der Waals surface area contributed by atoms with Crippen LogP contribution in [0.25, 0.3) is 10.2 Å². The summed E-state index contributed by atoms with van der Waals surface area (Å²) in [7, 11) is -3.73. The monoisotopic (exact) mass is 329 g/mol. The minimum Gasteiger partial charge on any atom is -0.478 e. The Morgan fingerprint density at radius 3 is 2.57 bits per heavy atom. The zero-order valence-corrected chi connectivity index (χ0v) is 13.3. The molecule has 0 bridgehead atoms. The number of rotatable bonds is 4. The van der Waals surface area contributed by atoms with Crippen LogP contribution in [0.15, 0.2) is 18.2 Å². The van der Waals surface area contributed by atoms with Gasteiger partial charge in [0.15, 0.2) is 5.13 Å². The maximum absolute atomic E-state index is 11.9. The van der Waals surface area contributed by atoms with Gasteiger partial charge in [-0.3, -0.25) is 0 Å². The zero-order chi connectivity index (χ0) is 15.8. The molecular formula is C12H15N3O4S2. The van der Waals surface area contributed by atoms with Crippen LogP contribution in [0.2, 0.25) is 0 Å². The number of benzene rings is 1. The topological polar surface area (TPSA) is 108 Å². The lowest BCUT2D eigenvalue weighted by Gasteiger charge is -2.19. The van der Waals surface area contributed by atoms with Gasteiger partial charge in [-0.15, -0.1) is 0 Å². The number of aromatic nitrogens is 1. The van der Waals surface area contributed by atoms with Crippen molar-refractivity contribution in [3.63, 3.8) is 0 Å². The summed E-state index contributed by atoms with van der Waals surface area (Å²) in [5.41, 5.74) is 0.0609. The highest BCUT2D eigenvalue weighted by atomic mass is 32.2. The zero-order valence-electron chi connectivity index (χ0n) is 11.7. The third-order valence-corrected chi connectivity index (χ3v) is 4.70. The van der Waals surface area contributed by atoms with E-state index in [2.05, 4.69) is 14.4 Å². The Morgan fingerprint density at radius 2 is 2.00 bits per heavy atom. The number of fused-ring (bicyclic) bond motifs is 1. The quantitative estimate of drug-likeness (QED) is 0.795. The standard InChI is InChI=1S/C12H15N3O4S2/c1-12(2,3)15-21(18,19)14-11-13-8-5-4-7(10(16)17)6-9(8)20-11/h4-6,15H,1-3H3,(H,13,14)(H,16,17). The molecule has 0 unspecified atom stereocenters. The van der Waals surface area contributed by atoms with E-state index < -0.39 is 21.7 Å². The Morgan fingerprint density at radius 1 is 1.33 bits per heavy atom. The van der Waals surface area contributed by atoms with Crippen molar-refractivity contribution in [3.8, 4) is 0 Å². The molecule has 0 spiro atoms. The van der Waals surface area contributed by atoms with Gasteiger partial charge in [0.05, 0.1) is 15.8 Å². The Labute approximate surface area is 126 Å². The fourth-order valence-electron chi connectivity index (χ4n) is 1.64. The van der Waals surface area contributed by atoms with Gasteiger partial charge in [0.25, 0.3) is 0 Å². The first kappa shape index (κ1) is 15.7. The number of carboxylic acids is 1. The molecule has 0 aliphatic rings. The summed E-state index contributed by atoms with van der Waals surface area (Å²) in [5, 5.41) is 9.11. The van der Waals surface area contributed by atoms with E-state index in [1.165, 1.54) is 12.1 Å². The van der Waals surface area contributed by atoms with E-state index in [0.717, 1.165) is 11.3 Å². The average Bonchev–Trinajstić information content (AvgIpc) is 2.64. The van der Waals surface area contributed by atoms with Crippen molar-refractivity contribution in [2.24, 2.45) is 0 Å². The van der Waals surface area contributed by atoms with Crippen LogP contribution in [-0.4, -0.2) is 30.0 Å². The predicted octanol–water partition coefficient (Wildman–Crippen LogP) is 2.04. The summed E-state index contributed by atoms with van der Waals surface area (Å²) in [6.07, 6.45) is 0. The highest BCUT2D eigenvalue weighted by Crippen LogP contribution is 2.27. The van der Waals surface area contributed by atoms with Gasteiger partial charge >= 0.3 is 16.2 Å². The highest BCUT2D eigenvalue weighted by molar-refractivity contribution is 7.91. The van der Waals surface area contributed by atoms with Crippen molar-refractivity contribution in [3.05, 3.63) is 23.8 Å². The first-order chi connectivity index (χ1) is 9.56. The number of carboxylic acid groups (broad SMARTS) is 1. The minimum atomic E-state index is -3.73. The van der Waals surface area contributed by atoms with Crippen molar-refractivity contribution in [1.82, 2.24) is 9.71 Å². The first-order valence-electron chi connectivity index (χ1n) is 6.01. The van der Waals surface area contributed by atoms with Gasteiger partial charge in [0, 0.05) is 5.54 Å². The fourth-order valence-corrected chi connectivity index (χ4v) is 4.03. The summed E-state index contributed by atoms with van der Waals surface area (Å²) in [4.78, 5) is 15.0. The van der Waals surface area contributed by atoms with Crippen LogP contribution in [0.1, 0.15) is 31.1 Å². The molecule has 7 nitrogen and oxygen atoms in total. The molecule has 2 aromatic rings. The van der Waals surface area contributed by atoms with E-state index in [-0.39, 0.29) is 10.7 Å². The molecule has 0 saturated carbocycles. The molecule has 0 amide bonds. The second-order valence-electron chi connectivity index (χ2n) is 5.46. The molecule has 0 aliphatic carbocycles. The second kappa shape index (κ2) is 5.24. The molecule has 2 rings (SSSR count). The van der Waals surface area contributed by atoms with Crippen molar-refractivity contribution in [2.75, 3.05) is 4.72 Å². The molecule has 3 N–H and O–H groups in total. The smallest absolute Gasteiger partial charge is 0.335 e. The molecule has 1 heterocycles. The van der Waals surface area contributed by atoms with Gasteiger partial charge < -0.3 is 5.11 Å². The lowest BCUT2D eigenvalue weighted by molar-refractivity contribution is 0.0697. The number of anilines is 1. The Bertz CT molecular complexity index is 790. The Hall–Kier alpha value is -1.71. The van der Waals surface area contributed by atoms with Crippen LogP contribution in [-0.2, 0) is 10.2 Å². The third kappa shape index (κ3) is 4.13. The van der Waals surface area contributed by atoms with Gasteiger partial charge in [-0.2, -0.15) is 13.1 Å². The number of aromatic carboxylic acids is 1. The molecule has 1 aromatic carbocycles. The largest absolute Gasteiger partial charge is 0.478 e. The van der Waals surface area contributed by atoms with Crippen LogP contribution in [0.4, 0.5) is 5.13 Å². The Balaban J connectivity index is 2.30. The van der Waals surface area contributed by atoms with Crippen molar-refractivity contribution < 1.29 is 18.3 Å². The van der Waals surface area contributed by atoms with Crippen LogP contribution in [0.5, 0.6) is 0 Å². The predicted molar refractivity (Wildman–Crippen MR) is 82.0 cm³/mol. The highest BCUT2D eigenvalue weighted by Gasteiger charge is 2.21. The number of carbonyl (C=O) groups is 1. The molecule has 0 radical (unpaired) electrons. The summed E-state index contributed by atoms with van der Waals surface area (Å²) < 4.78 is 29.2. The molecule has 21 heavy (non-hydrogen) atoms. The van der Waals surface area contributed by atoms with Gasteiger partial charge in [-0.1, -0.05) is 11.3 Å². The van der Waals surface area contributed by atoms with Gasteiger partial charge in [0.2, 0.25) is 0 Å². The van der Waals surface area contributed by atoms with Crippen molar-refractivity contribution in [2.45, 2.75) is 26.3 Å². The number of nitrogens with zero attached hydrogens (tertiary/aromatic N) is 1. The SMILES string of the molecule is CC(C)(C)NS(=O)(=O)Nc1nc2ccc(C(=O)O)cc2s1. The second-order valence-corrected chi connectivity index (χ2v) is 7.91. The van der Waals surface area contributed by atoms with Crippen LogP contribution < -0.4 is 9.44 Å². The molecule has 0 atom stereocenters. The summed E-state index contributed by atoms with van der Waals surface area (Å²) in [6.45, 7) is 5.18. The van der Waals surface area contributed by atoms with E-state index in [1.807, 2.05) is 0 Å². The number of hydrogen-bond acceptors (Lipinski definition) is 5. The van der Waals surface area contributed by atoms with E-state index >= 15 is 0 Å². The lowest BCUT2D eigenvalue weighted by atomic mass is 10.1. The summed E-state index contributed by atoms with van der Waals surface area (Å²) in [5.74, 6) is -1.04. The normalized spacial score (nSPS) is 12.5. The van der Waals surface area contributed by atoms with Gasteiger partial charge in [0.1, 0.15) is 0 Å². The molecule has 0 aliphatic heterocycles. The Kier molecular flexibility index (Phi) is 3.91. The van der Waals surface area contributed by atoms with E-state index in [1.54, 1.807) is 26.8 Å². The number of nitrogens with one attached hydrogen (secondary N) is 2. The first-order valence-corrected chi connectivity index (χ1v) is 8.31. The molecule has 0 saturated heterocycles. The molecular weight excluding hydrogens is 314 g/mol. The maximum atomic E-state index is 11.9. The minimum absolute atomic E-state index is 0.133. The van der Waals surface area contributed by atoms with Gasteiger partial charge in [-0.25, -0.2) is 14.5 Å². The maximum Gasteiger partial charge on any atom is 0.335 e. The van der Waals surface area contributed by atoms with Gasteiger partial charge in [-0.05, 0) is 39.0 Å². The molecule has 0 fully saturated rings. The van der Waals surface area contributed by atoms with Crippen LogP contribution in [0.3, 0.4) is 0 Å². The lowest BCUT2D eigenvalue weighted by Crippen LogP contribution is -2.43. The van der Waals surface area contributed by atoms with Crippen molar-refractivity contribution in [1.29, 1.82) is 0 Å². The third-order valence-electron chi connectivity index (χ3n) is 2.30. The number of thiazole rings is 1.